The first kappa shape index (κ1) is 14.8. The van der Waals surface area contributed by atoms with E-state index in [9.17, 15) is 9.18 Å². The average molecular weight is 279 g/mol. The lowest BCUT2D eigenvalue weighted by molar-refractivity contribution is -0.124. The van der Waals surface area contributed by atoms with E-state index in [1.807, 2.05) is 18.9 Å². The molecular formula is C15H22FN3O. The number of carbonyl (C=O) groups is 1. The fourth-order valence-corrected chi connectivity index (χ4v) is 2.22. The second-order valence-electron chi connectivity index (χ2n) is 5.74. The van der Waals surface area contributed by atoms with Crippen LogP contribution in [0.15, 0.2) is 24.3 Å². The molecule has 1 saturated carbocycles. The highest BCUT2D eigenvalue weighted by atomic mass is 19.1. The molecule has 0 bridgehead atoms. The smallest absolute Gasteiger partial charge is 0.237 e. The Hall–Kier alpha value is -1.62. The van der Waals surface area contributed by atoms with E-state index in [2.05, 4.69) is 5.32 Å². The second kappa shape index (κ2) is 5.79. The zero-order valence-corrected chi connectivity index (χ0v) is 12.0. The lowest BCUT2D eigenvalue weighted by atomic mass is 9.96. The third-order valence-electron chi connectivity index (χ3n) is 3.85. The van der Waals surface area contributed by atoms with Crippen molar-refractivity contribution in [1.82, 2.24) is 5.32 Å². The number of hydrogen-bond acceptors (Lipinski definition) is 3. The van der Waals surface area contributed by atoms with Gasteiger partial charge in [0.1, 0.15) is 5.82 Å². The van der Waals surface area contributed by atoms with Crippen molar-refractivity contribution in [3.63, 3.8) is 0 Å². The van der Waals surface area contributed by atoms with Gasteiger partial charge in [-0.25, -0.2) is 4.39 Å². The minimum Gasteiger partial charge on any atom is -0.372 e. The summed E-state index contributed by atoms with van der Waals surface area (Å²) in [7, 11) is 1.82. The molecule has 0 aromatic heterocycles. The zero-order chi connectivity index (χ0) is 14.8. The molecule has 0 heterocycles. The van der Waals surface area contributed by atoms with Crippen LogP contribution in [0.4, 0.5) is 10.1 Å². The molecule has 110 valence electrons. The summed E-state index contributed by atoms with van der Waals surface area (Å²) in [6, 6.07) is 7.01. The summed E-state index contributed by atoms with van der Waals surface area (Å²) in [6.45, 7) is 2.38. The van der Waals surface area contributed by atoms with Crippen LogP contribution in [-0.4, -0.2) is 31.1 Å². The van der Waals surface area contributed by atoms with Crippen LogP contribution in [0.25, 0.3) is 0 Å². The number of carbonyl (C=O) groups excluding carboxylic acids is 1. The summed E-state index contributed by atoms with van der Waals surface area (Å²) in [5.74, 6) is -0.614. The predicted octanol–water partition coefficient (Wildman–Crippen LogP) is 1.65. The molecule has 1 unspecified atom stereocenters. The summed E-state index contributed by atoms with van der Waals surface area (Å²) in [5, 5.41) is 3.29. The number of halogens is 1. The van der Waals surface area contributed by atoms with Gasteiger partial charge in [-0.3, -0.25) is 4.79 Å². The monoisotopic (exact) mass is 279 g/mol. The molecule has 0 saturated heterocycles. The Morgan fingerprint density at radius 3 is 2.70 bits per heavy atom. The Morgan fingerprint density at radius 1 is 1.50 bits per heavy atom. The number of para-hydroxylation sites is 1. The summed E-state index contributed by atoms with van der Waals surface area (Å²) < 4.78 is 13.7. The van der Waals surface area contributed by atoms with Crippen molar-refractivity contribution in [2.24, 2.45) is 5.73 Å². The number of nitrogens with zero attached hydrogens (tertiary/aromatic N) is 1. The molecule has 3 N–H and O–H groups in total. The number of hydrogen-bond donors (Lipinski definition) is 2. The van der Waals surface area contributed by atoms with Crippen LogP contribution in [0.5, 0.6) is 0 Å². The van der Waals surface area contributed by atoms with Gasteiger partial charge in [-0.05, 0) is 38.3 Å². The van der Waals surface area contributed by atoms with Gasteiger partial charge in [0.05, 0.1) is 11.2 Å². The minimum atomic E-state index is -0.735. The van der Waals surface area contributed by atoms with E-state index in [-0.39, 0.29) is 11.7 Å². The van der Waals surface area contributed by atoms with Gasteiger partial charge in [0, 0.05) is 19.6 Å². The number of rotatable bonds is 7. The highest BCUT2D eigenvalue weighted by Gasteiger charge is 2.36. The molecule has 4 nitrogen and oxygen atoms in total. The van der Waals surface area contributed by atoms with Crippen LogP contribution in [-0.2, 0) is 4.79 Å². The molecule has 20 heavy (non-hydrogen) atoms. The Labute approximate surface area is 119 Å². The molecule has 1 atom stereocenters. The van der Waals surface area contributed by atoms with Gasteiger partial charge in [0.2, 0.25) is 5.91 Å². The van der Waals surface area contributed by atoms with Gasteiger partial charge in [0.15, 0.2) is 0 Å². The van der Waals surface area contributed by atoms with Gasteiger partial charge in [-0.15, -0.1) is 0 Å². The van der Waals surface area contributed by atoms with Crippen LogP contribution in [0.2, 0.25) is 0 Å². The Balaban J connectivity index is 1.98. The van der Waals surface area contributed by atoms with Crippen molar-refractivity contribution in [3.8, 4) is 0 Å². The lowest BCUT2D eigenvalue weighted by Crippen LogP contribution is -2.55. The molecule has 1 fully saturated rings. The molecule has 0 spiro atoms. The third kappa shape index (κ3) is 3.48. The maximum absolute atomic E-state index is 13.7. The van der Waals surface area contributed by atoms with Crippen molar-refractivity contribution in [2.45, 2.75) is 37.8 Å². The molecule has 1 amide bonds. The summed E-state index contributed by atoms with van der Waals surface area (Å²) in [6.07, 6.45) is 2.72. The second-order valence-corrected chi connectivity index (χ2v) is 5.74. The molecule has 1 aliphatic carbocycles. The van der Waals surface area contributed by atoms with Gasteiger partial charge in [-0.1, -0.05) is 12.1 Å². The van der Waals surface area contributed by atoms with Crippen molar-refractivity contribution < 1.29 is 9.18 Å². The van der Waals surface area contributed by atoms with Gasteiger partial charge < -0.3 is 16.0 Å². The summed E-state index contributed by atoms with van der Waals surface area (Å²) in [5.41, 5.74) is 5.31. The molecule has 0 radical (unpaired) electrons. The Bertz CT molecular complexity index is 490. The van der Waals surface area contributed by atoms with E-state index < -0.39 is 5.54 Å². The fraction of sp³-hybridized carbons (Fsp3) is 0.533. The number of anilines is 1. The average Bonchev–Trinajstić information content (AvgIpc) is 3.20. The van der Waals surface area contributed by atoms with E-state index in [1.165, 1.54) is 6.07 Å². The van der Waals surface area contributed by atoms with E-state index in [0.29, 0.717) is 24.7 Å². The first-order valence-corrected chi connectivity index (χ1v) is 6.95. The number of nitrogens with two attached hydrogens (primary N) is 1. The van der Waals surface area contributed by atoms with Crippen molar-refractivity contribution >= 4 is 11.6 Å². The molecule has 0 aliphatic heterocycles. The highest BCUT2D eigenvalue weighted by Crippen LogP contribution is 2.25. The summed E-state index contributed by atoms with van der Waals surface area (Å²) >= 11 is 0. The third-order valence-corrected chi connectivity index (χ3v) is 3.85. The van der Waals surface area contributed by atoms with Crippen LogP contribution in [0.1, 0.15) is 26.2 Å². The van der Waals surface area contributed by atoms with Crippen molar-refractivity contribution in [3.05, 3.63) is 30.1 Å². The largest absolute Gasteiger partial charge is 0.372 e. The molecule has 1 aromatic rings. The van der Waals surface area contributed by atoms with E-state index in [4.69, 9.17) is 5.73 Å². The molecule has 2 rings (SSSR count). The molecular weight excluding hydrogens is 257 g/mol. The number of nitrogens with one attached hydrogen (secondary N) is 1. The standard InChI is InChI=1S/C15H22FN3O/c1-15(14(17)20,18-11-7-8-11)9-10-19(2)13-6-4-3-5-12(13)16/h3-6,11,18H,7-10H2,1-2H3,(H2,17,20). The van der Waals surface area contributed by atoms with E-state index in [0.717, 1.165) is 12.8 Å². The van der Waals surface area contributed by atoms with Crippen LogP contribution in [0, 0.1) is 5.82 Å². The van der Waals surface area contributed by atoms with Gasteiger partial charge >= 0.3 is 0 Å². The van der Waals surface area contributed by atoms with Crippen LogP contribution < -0.4 is 16.0 Å². The fourth-order valence-electron chi connectivity index (χ4n) is 2.22. The lowest BCUT2D eigenvalue weighted by Gasteiger charge is -2.30. The van der Waals surface area contributed by atoms with Crippen molar-refractivity contribution in [1.29, 1.82) is 0 Å². The Kier molecular flexibility index (Phi) is 4.28. The number of benzene rings is 1. The molecule has 5 heteroatoms. The quantitative estimate of drug-likeness (QED) is 0.798. The van der Waals surface area contributed by atoms with E-state index in [1.54, 1.807) is 18.2 Å². The first-order valence-electron chi connectivity index (χ1n) is 6.95. The maximum Gasteiger partial charge on any atom is 0.237 e. The molecule has 1 aromatic carbocycles. The van der Waals surface area contributed by atoms with Crippen LogP contribution in [0.3, 0.4) is 0 Å². The SMILES string of the molecule is CN(CCC(C)(NC1CC1)C(N)=O)c1ccccc1F. The topological polar surface area (TPSA) is 58.4 Å². The van der Waals surface area contributed by atoms with E-state index >= 15 is 0 Å². The number of primary amides is 1. The van der Waals surface area contributed by atoms with Gasteiger partial charge in [0.25, 0.3) is 0 Å². The minimum absolute atomic E-state index is 0.258. The maximum atomic E-state index is 13.7. The Morgan fingerprint density at radius 2 is 2.15 bits per heavy atom. The highest BCUT2D eigenvalue weighted by molar-refractivity contribution is 5.84. The summed E-state index contributed by atoms with van der Waals surface area (Å²) in [4.78, 5) is 13.5. The first-order chi connectivity index (χ1) is 9.42. The van der Waals surface area contributed by atoms with Gasteiger partial charge in [-0.2, -0.15) is 0 Å². The normalized spacial score (nSPS) is 17.6. The predicted molar refractivity (Wildman–Crippen MR) is 78.0 cm³/mol. The number of amides is 1. The van der Waals surface area contributed by atoms with Crippen LogP contribution >= 0.6 is 0 Å². The molecule has 1 aliphatic rings. The van der Waals surface area contributed by atoms with Crippen molar-refractivity contribution in [2.75, 3.05) is 18.5 Å². The zero-order valence-electron chi connectivity index (χ0n) is 12.0.